The first kappa shape index (κ1) is 13.0. The summed E-state index contributed by atoms with van der Waals surface area (Å²) in [6.45, 7) is 7.64. The number of rotatable bonds is 6. The smallest absolute Gasteiger partial charge is 0.0494 e. The minimum Gasteiger partial charge on any atom is -0.396 e. The van der Waals surface area contributed by atoms with Gasteiger partial charge in [-0.25, -0.2) is 0 Å². The van der Waals surface area contributed by atoms with Gasteiger partial charge in [-0.1, -0.05) is 39.5 Å². The molecule has 0 aromatic carbocycles. The maximum Gasteiger partial charge on any atom is 0.0494 e. The van der Waals surface area contributed by atoms with Crippen molar-refractivity contribution in [2.45, 2.75) is 58.9 Å². The molecule has 2 N–H and O–H groups in total. The summed E-state index contributed by atoms with van der Waals surface area (Å²) in [7, 11) is 0. The van der Waals surface area contributed by atoms with Gasteiger partial charge in [-0.05, 0) is 19.3 Å². The predicted molar refractivity (Wildman–Crippen MR) is 64.9 cm³/mol. The first-order valence-electron chi connectivity index (χ1n) is 6.38. The van der Waals surface area contributed by atoms with Crippen molar-refractivity contribution in [3.63, 3.8) is 0 Å². The zero-order valence-corrected chi connectivity index (χ0v) is 10.6. The molecular formula is C13H27NO. The first-order chi connectivity index (χ1) is 7.03. The fraction of sp³-hybridized carbons (Fsp3) is 1.00. The van der Waals surface area contributed by atoms with Gasteiger partial charge in [-0.15, -0.1) is 0 Å². The summed E-state index contributed by atoms with van der Waals surface area (Å²) in [5, 5.41) is 12.7. The molecule has 0 bridgehead atoms. The van der Waals surface area contributed by atoms with Gasteiger partial charge in [0.1, 0.15) is 0 Å². The Balaban J connectivity index is 2.15. The quantitative estimate of drug-likeness (QED) is 0.711. The highest BCUT2D eigenvalue weighted by Gasteiger charge is 2.20. The molecule has 2 nitrogen and oxygen atoms in total. The second-order valence-electron chi connectivity index (χ2n) is 5.99. The van der Waals surface area contributed by atoms with E-state index in [1.807, 2.05) is 0 Å². The van der Waals surface area contributed by atoms with E-state index < -0.39 is 0 Å². The van der Waals surface area contributed by atoms with Crippen molar-refractivity contribution in [1.82, 2.24) is 5.32 Å². The largest absolute Gasteiger partial charge is 0.396 e. The molecule has 0 aromatic heterocycles. The van der Waals surface area contributed by atoms with Crippen LogP contribution in [0.4, 0.5) is 0 Å². The SMILES string of the molecule is CC(CC1CCCC1)NCC(C)(C)CO. The first-order valence-corrected chi connectivity index (χ1v) is 6.38. The van der Waals surface area contributed by atoms with Crippen LogP contribution < -0.4 is 5.32 Å². The Labute approximate surface area is 94.5 Å². The summed E-state index contributed by atoms with van der Waals surface area (Å²) >= 11 is 0. The van der Waals surface area contributed by atoms with E-state index in [1.165, 1.54) is 32.1 Å². The van der Waals surface area contributed by atoms with Crippen LogP contribution in [-0.4, -0.2) is 24.3 Å². The van der Waals surface area contributed by atoms with Crippen molar-refractivity contribution in [3.05, 3.63) is 0 Å². The molecular weight excluding hydrogens is 186 g/mol. The molecule has 0 heterocycles. The predicted octanol–water partition coefficient (Wildman–Crippen LogP) is 2.56. The maximum absolute atomic E-state index is 9.15. The van der Waals surface area contributed by atoms with Gasteiger partial charge in [0, 0.05) is 24.6 Å². The molecule has 1 aliphatic carbocycles. The van der Waals surface area contributed by atoms with Crippen LogP contribution in [0.1, 0.15) is 52.9 Å². The van der Waals surface area contributed by atoms with Crippen molar-refractivity contribution in [1.29, 1.82) is 0 Å². The summed E-state index contributed by atoms with van der Waals surface area (Å²) in [4.78, 5) is 0. The highest BCUT2D eigenvalue weighted by Crippen LogP contribution is 2.28. The summed E-state index contributed by atoms with van der Waals surface area (Å²) in [6.07, 6.45) is 7.02. The molecule has 0 aromatic rings. The Kier molecular flexibility index (Phi) is 5.07. The Bertz CT molecular complexity index is 173. The van der Waals surface area contributed by atoms with Gasteiger partial charge >= 0.3 is 0 Å². The molecule has 1 unspecified atom stereocenters. The van der Waals surface area contributed by atoms with Crippen LogP contribution in [0.15, 0.2) is 0 Å². The minimum atomic E-state index is 0.0178. The molecule has 1 atom stereocenters. The Hall–Kier alpha value is -0.0800. The molecule has 2 heteroatoms. The summed E-state index contributed by atoms with van der Waals surface area (Å²) in [6, 6.07) is 0.596. The van der Waals surface area contributed by atoms with E-state index in [4.69, 9.17) is 5.11 Å². The monoisotopic (exact) mass is 213 g/mol. The third kappa shape index (κ3) is 4.98. The van der Waals surface area contributed by atoms with Crippen molar-refractivity contribution >= 4 is 0 Å². The van der Waals surface area contributed by atoms with Gasteiger partial charge < -0.3 is 10.4 Å². The molecule has 15 heavy (non-hydrogen) atoms. The lowest BCUT2D eigenvalue weighted by molar-refractivity contribution is 0.152. The van der Waals surface area contributed by atoms with E-state index in [-0.39, 0.29) is 12.0 Å². The number of hydrogen-bond donors (Lipinski definition) is 2. The zero-order valence-electron chi connectivity index (χ0n) is 10.6. The van der Waals surface area contributed by atoms with E-state index in [2.05, 4.69) is 26.1 Å². The van der Waals surface area contributed by atoms with E-state index >= 15 is 0 Å². The van der Waals surface area contributed by atoms with Gasteiger partial charge in [-0.3, -0.25) is 0 Å². The number of aliphatic hydroxyl groups is 1. The van der Waals surface area contributed by atoms with E-state index in [9.17, 15) is 0 Å². The second-order valence-corrected chi connectivity index (χ2v) is 5.99. The maximum atomic E-state index is 9.15. The standard InChI is InChI=1S/C13H27NO/c1-11(8-12-6-4-5-7-12)14-9-13(2,3)10-15/h11-12,14-15H,4-10H2,1-3H3. The van der Waals surface area contributed by atoms with Crippen LogP contribution in [0.25, 0.3) is 0 Å². The van der Waals surface area contributed by atoms with E-state index in [0.29, 0.717) is 6.04 Å². The molecule has 1 aliphatic rings. The molecule has 0 spiro atoms. The molecule has 0 aliphatic heterocycles. The fourth-order valence-corrected chi connectivity index (χ4v) is 2.34. The van der Waals surface area contributed by atoms with Crippen LogP contribution in [0.3, 0.4) is 0 Å². The highest BCUT2D eigenvalue weighted by atomic mass is 16.3. The fourth-order valence-electron chi connectivity index (χ4n) is 2.34. The lowest BCUT2D eigenvalue weighted by Crippen LogP contribution is -2.38. The average Bonchev–Trinajstić information content (AvgIpc) is 2.68. The number of nitrogens with one attached hydrogen (secondary N) is 1. The molecule has 0 radical (unpaired) electrons. The van der Waals surface area contributed by atoms with Crippen LogP contribution in [0.2, 0.25) is 0 Å². The summed E-state index contributed by atoms with van der Waals surface area (Å²) in [5.74, 6) is 0.949. The third-order valence-electron chi connectivity index (χ3n) is 3.52. The zero-order chi connectivity index (χ0) is 11.3. The Morgan fingerprint density at radius 1 is 1.33 bits per heavy atom. The number of hydrogen-bond acceptors (Lipinski definition) is 2. The third-order valence-corrected chi connectivity index (χ3v) is 3.52. The van der Waals surface area contributed by atoms with Crippen LogP contribution in [0.5, 0.6) is 0 Å². The topological polar surface area (TPSA) is 32.3 Å². The van der Waals surface area contributed by atoms with Gasteiger partial charge in [0.2, 0.25) is 0 Å². The van der Waals surface area contributed by atoms with Crippen molar-refractivity contribution in [2.75, 3.05) is 13.2 Å². The van der Waals surface area contributed by atoms with Crippen LogP contribution >= 0.6 is 0 Å². The Morgan fingerprint density at radius 2 is 1.93 bits per heavy atom. The van der Waals surface area contributed by atoms with Crippen molar-refractivity contribution < 1.29 is 5.11 Å². The van der Waals surface area contributed by atoms with E-state index in [0.717, 1.165) is 12.5 Å². The van der Waals surface area contributed by atoms with Gasteiger partial charge in [0.05, 0.1) is 0 Å². The molecule has 1 saturated carbocycles. The normalized spacial score (nSPS) is 20.8. The lowest BCUT2D eigenvalue weighted by atomic mass is 9.93. The Morgan fingerprint density at radius 3 is 2.47 bits per heavy atom. The molecule has 1 fully saturated rings. The second kappa shape index (κ2) is 5.86. The van der Waals surface area contributed by atoms with Crippen LogP contribution in [-0.2, 0) is 0 Å². The van der Waals surface area contributed by atoms with Crippen molar-refractivity contribution in [3.8, 4) is 0 Å². The minimum absolute atomic E-state index is 0.0178. The van der Waals surface area contributed by atoms with Gasteiger partial charge in [-0.2, -0.15) is 0 Å². The van der Waals surface area contributed by atoms with E-state index in [1.54, 1.807) is 0 Å². The molecule has 90 valence electrons. The van der Waals surface area contributed by atoms with Crippen molar-refractivity contribution in [2.24, 2.45) is 11.3 Å². The summed E-state index contributed by atoms with van der Waals surface area (Å²) < 4.78 is 0. The molecule has 0 saturated heterocycles. The van der Waals surface area contributed by atoms with Gasteiger partial charge in [0.15, 0.2) is 0 Å². The molecule has 0 amide bonds. The molecule has 1 rings (SSSR count). The van der Waals surface area contributed by atoms with Gasteiger partial charge in [0.25, 0.3) is 0 Å². The summed E-state index contributed by atoms with van der Waals surface area (Å²) in [5.41, 5.74) is 0.0178. The average molecular weight is 213 g/mol. The highest BCUT2D eigenvalue weighted by molar-refractivity contribution is 4.76. The van der Waals surface area contributed by atoms with Crippen LogP contribution in [0, 0.1) is 11.3 Å². The lowest BCUT2D eigenvalue weighted by Gasteiger charge is -2.26. The number of aliphatic hydroxyl groups excluding tert-OH is 1.